The van der Waals surface area contributed by atoms with Crippen molar-refractivity contribution in [2.75, 3.05) is 12.8 Å². The van der Waals surface area contributed by atoms with Crippen molar-refractivity contribution in [2.45, 2.75) is 63.6 Å². The van der Waals surface area contributed by atoms with Gasteiger partial charge in [0.2, 0.25) is 0 Å². The normalized spacial score (nSPS) is 23.7. The summed E-state index contributed by atoms with van der Waals surface area (Å²) in [4.78, 5) is 12.1. The maximum Gasteiger partial charge on any atom is 0.407 e. The predicted octanol–water partition coefficient (Wildman–Crippen LogP) is 4.02. The van der Waals surface area contributed by atoms with Crippen molar-refractivity contribution in [3.63, 3.8) is 0 Å². The number of ether oxygens (including phenoxy) is 1. The van der Waals surface area contributed by atoms with E-state index in [1.54, 1.807) is 6.07 Å². The SMILES string of the molecule is CC(C)(C)OC(=O)NC[C@]1(c2cccc(Cl)c2)CC[C@@H](OS(C)(=O)=O)CC1. The van der Waals surface area contributed by atoms with Gasteiger partial charge in [-0.1, -0.05) is 23.7 Å². The molecule has 27 heavy (non-hydrogen) atoms. The van der Waals surface area contributed by atoms with Gasteiger partial charge in [-0.15, -0.1) is 0 Å². The quantitative estimate of drug-likeness (QED) is 0.731. The Morgan fingerprint density at radius 1 is 1.30 bits per heavy atom. The Morgan fingerprint density at radius 2 is 1.93 bits per heavy atom. The molecule has 0 radical (unpaired) electrons. The second-order valence-corrected chi connectivity index (χ2v) is 10.2. The average Bonchev–Trinajstić information content (AvgIpc) is 2.51. The molecule has 0 atom stereocenters. The summed E-state index contributed by atoms with van der Waals surface area (Å²) in [6.45, 7) is 5.82. The largest absolute Gasteiger partial charge is 0.444 e. The number of hydrogen-bond acceptors (Lipinski definition) is 5. The van der Waals surface area contributed by atoms with E-state index < -0.39 is 21.8 Å². The number of hydrogen-bond donors (Lipinski definition) is 1. The van der Waals surface area contributed by atoms with E-state index in [9.17, 15) is 13.2 Å². The van der Waals surface area contributed by atoms with Crippen molar-refractivity contribution < 1.29 is 22.1 Å². The minimum atomic E-state index is -3.49. The molecule has 2 rings (SSSR count). The Kier molecular flexibility index (Phi) is 6.81. The highest BCUT2D eigenvalue weighted by atomic mass is 35.5. The summed E-state index contributed by atoms with van der Waals surface area (Å²) in [5.74, 6) is 0. The van der Waals surface area contributed by atoms with Crippen LogP contribution in [0.1, 0.15) is 52.0 Å². The van der Waals surface area contributed by atoms with E-state index in [0.717, 1.165) is 11.8 Å². The molecule has 0 bridgehead atoms. The lowest BCUT2D eigenvalue weighted by atomic mass is 9.68. The molecule has 0 unspecified atom stereocenters. The third kappa shape index (κ3) is 6.97. The van der Waals surface area contributed by atoms with Gasteiger partial charge in [-0.3, -0.25) is 4.18 Å². The summed E-state index contributed by atoms with van der Waals surface area (Å²) in [5, 5.41) is 3.49. The lowest BCUT2D eigenvalue weighted by molar-refractivity contribution is 0.0496. The van der Waals surface area contributed by atoms with Crippen LogP contribution in [0.2, 0.25) is 5.02 Å². The molecule has 0 spiro atoms. The van der Waals surface area contributed by atoms with E-state index in [1.165, 1.54) is 0 Å². The molecule has 1 amide bonds. The van der Waals surface area contributed by atoms with E-state index in [-0.39, 0.29) is 11.5 Å². The van der Waals surface area contributed by atoms with Crippen LogP contribution in [0.3, 0.4) is 0 Å². The molecule has 152 valence electrons. The standard InChI is InChI=1S/C19H28ClNO5S/c1-18(2,3)25-17(22)21-13-19(14-6-5-7-15(20)12-14)10-8-16(9-11-19)26-27(4,23)24/h5-7,12,16H,8-11,13H2,1-4H3,(H,21,22)/t16-,19+. The van der Waals surface area contributed by atoms with Crippen LogP contribution in [0, 0.1) is 0 Å². The van der Waals surface area contributed by atoms with Gasteiger partial charge in [-0.25, -0.2) is 4.79 Å². The first kappa shape index (κ1) is 22.0. The summed E-state index contributed by atoms with van der Waals surface area (Å²) in [5.41, 5.74) is 0.0943. The molecule has 0 aliphatic heterocycles. The number of amides is 1. The van der Waals surface area contributed by atoms with Gasteiger partial charge in [0, 0.05) is 17.0 Å². The lowest BCUT2D eigenvalue weighted by Gasteiger charge is -2.40. The molecular weight excluding hydrogens is 390 g/mol. The highest BCUT2D eigenvalue weighted by Crippen LogP contribution is 2.41. The summed E-state index contributed by atoms with van der Waals surface area (Å²) < 4.78 is 33.3. The summed E-state index contributed by atoms with van der Waals surface area (Å²) in [6, 6.07) is 7.57. The minimum Gasteiger partial charge on any atom is -0.444 e. The molecule has 0 aromatic heterocycles. The van der Waals surface area contributed by atoms with Crippen molar-refractivity contribution >= 4 is 27.8 Å². The number of alkyl carbamates (subject to hydrolysis) is 1. The first-order chi connectivity index (χ1) is 12.4. The Morgan fingerprint density at radius 3 is 2.44 bits per heavy atom. The third-order valence-corrected chi connectivity index (χ3v) is 5.46. The van der Waals surface area contributed by atoms with Crippen LogP contribution in [0.5, 0.6) is 0 Å². The number of carbonyl (C=O) groups excluding carboxylic acids is 1. The molecule has 8 heteroatoms. The number of rotatable bonds is 5. The molecule has 1 aromatic rings. The molecule has 1 fully saturated rings. The van der Waals surface area contributed by atoms with Crippen LogP contribution in [0.25, 0.3) is 0 Å². The minimum absolute atomic E-state index is 0.339. The maximum atomic E-state index is 12.1. The molecule has 1 N–H and O–H groups in total. The van der Waals surface area contributed by atoms with Crippen LogP contribution in [0.15, 0.2) is 24.3 Å². The zero-order valence-corrected chi connectivity index (χ0v) is 17.8. The molecule has 0 saturated heterocycles. The van der Waals surface area contributed by atoms with Crippen molar-refractivity contribution in [1.29, 1.82) is 0 Å². The van der Waals surface area contributed by atoms with Crippen LogP contribution in [-0.4, -0.2) is 39.0 Å². The van der Waals surface area contributed by atoms with Crippen LogP contribution < -0.4 is 5.32 Å². The van der Waals surface area contributed by atoms with Crippen molar-refractivity contribution in [3.05, 3.63) is 34.9 Å². The smallest absolute Gasteiger partial charge is 0.407 e. The van der Waals surface area contributed by atoms with Gasteiger partial charge in [-0.2, -0.15) is 8.42 Å². The molecule has 1 aliphatic carbocycles. The van der Waals surface area contributed by atoms with Gasteiger partial charge in [0.05, 0.1) is 12.4 Å². The second-order valence-electron chi connectivity index (χ2n) is 8.15. The topological polar surface area (TPSA) is 81.7 Å². The highest BCUT2D eigenvalue weighted by Gasteiger charge is 2.39. The fourth-order valence-electron chi connectivity index (χ4n) is 3.43. The average molecular weight is 418 g/mol. The fourth-order valence-corrected chi connectivity index (χ4v) is 4.31. The Hall–Kier alpha value is -1.31. The second kappa shape index (κ2) is 8.37. The molecule has 1 aliphatic rings. The Balaban J connectivity index is 2.15. The van der Waals surface area contributed by atoms with E-state index in [0.29, 0.717) is 37.3 Å². The Labute approximate surface area is 166 Å². The van der Waals surface area contributed by atoms with Crippen LogP contribution in [-0.2, 0) is 24.5 Å². The molecule has 1 saturated carbocycles. The Bertz CT molecular complexity index is 765. The van der Waals surface area contributed by atoms with E-state index in [2.05, 4.69) is 5.32 Å². The van der Waals surface area contributed by atoms with Crippen molar-refractivity contribution in [2.24, 2.45) is 0 Å². The van der Waals surface area contributed by atoms with Crippen LogP contribution in [0.4, 0.5) is 4.79 Å². The van der Waals surface area contributed by atoms with E-state index in [1.807, 2.05) is 39.0 Å². The van der Waals surface area contributed by atoms with E-state index >= 15 is 0 Å². The zero-order valence-electron chi connectivity index (χ0n) is 16.2. The van der Waals surface area contributed by atoms with Gasteiger partial charge in [-0.05, 0) is 64.2 Å². The van der Waals surface area contributed by atoms with Gasteiger partial charge in [0.25, 0.3) is 10.1 Å². The first-order valence-electron chi connectivity index (χ1n) is 9.00. The molecule has 0 heterocycles. The fraction of sp³-hybridized carbons (Fsp3) is 0.632. The van der Waals surface area contributed by atoms with Crippen molar-refractivity contribution in [3.8, 4) is 0 Å². The number of benzene rings is 1. The van der Waals surface area contributed by atoms with Gasteiger partial charge in [0.15, 0.2) is 0 Å². The molecule has 1 aromatic carbocycles. The van der Waals surface area contributed by atoms with Gasteiger partial charge in [0.1, 0.15) is 5.60 Å². The highest BCUT2D eigenvalue weighted by molar-refractivity contribution is 7.86. The number of carbonyl (C=O) groups is 1. The van der Waals surface area contributed by atoms with Crippen molar-refractivity contribution in [1.82, 2.24) is 5.32 Å². The summed E-state index contributed by atoms with van der Waals surface area (Å²) in [7, 11) is -3.49. The predicted molar refractivity (Wildman–Crippen MR) is 106 cm³/mol. The summed E-state index contributed by atoms with van der Waals surface area (Å²) >= 11 is 6.18. The maximum absolute atomic E-state index is 12.1. The van der Waals surface area contributed by atoms with Gasteiger partial charge < -0.3 is 10.1 Å². The van der Waals surface area contributed by atoms with Crippen LogP contribution >= 0.6 is 11.6 Å². The summed E-state index contributed by atoms with van der Waals surface area (Å²) in [6.07, 6.45) is 2.75. The number of nitrogens with one attached hydrogen (secondary N) is 1. The third-order valence-electron chi connectivity index (χ3n) is 4.61. The van der Waals surface area contributed by atoms with Gasteiger partial charge >= 0.3 is 6.09 Å². The zero-order chi connectivity index (χ0) is 20.3. The first-order valence-corrected chi connectivity index (χ1v) is 11.2. The monoisotopic (exact) mass is 417 g/mol. The molecular formula is C19H28ClNO5S. The van der Waals surface area contributed by atoms with E-state index in [4.69, 9.17) is 20.5 Å². The molecule has 6 nitrogen and oxygen atoms in total. The lowest BCUT2D eigenvalue weighted by Crippen LogP contribution is -2.45. The number of halogens is 1.